The molecule has 1 heterocycles. The Morgan fingerprint density at radius 2 is 1.72 bits per heavy atom. The van der Waals surface area contributed by atoms with Gasteiger partial charge in [-0.05, 0) is 25.7 Å². The molecule has 108 valence electrons. The molecule has 1 saturated heterocycles. The molecule has 4 nitrogen and oxygen atoms in total. The maximum absolute atomic E-state index is 12.6. The first-order chi connectivity index (χ1) is 8.20. The average molecular weight is 279 g/mol. The smallest absolute Gasteiger partial charge is 0.230 e. The van der Waals surface area contributed by atoms with Crippen LogP contribution in [0.2, 0.25) is 0 Å². The minimum atomic E-state index is -0.359. The van der Waals surface area contributed by atoms with Gasteiger partial charge in [0.2, 0.25) is 5.91 Å². The lowest BCUT2D eigenvalue weighted by Crippen LogP contribution is -2.51. The molecule has 1 amide bonds. The van der Waals surface area contributed by atoms with Gasteiger partial charge in [-0.1, -0.05) is 13.8 Å². The molecule has 0 radical (unpaired) electrons. The van der Waals surface area contributed by atoms with Crippen molar-refractivity contribution in [3.63, 3.8) is 0 Å². The average Bonchev–Trinajstić information content (AvgIpc) is 2.38. The molecule has 0 saturated carbocycles. The normalized spacial score (nSPS) is 17.9. The first-order valence-electron chi connectivity index (χ1n) is 6.77. The molecule has 1 aliphatic rings. The molecule has 18 heavy (non-hydrogen) atoms. The van der Waals surface area contributed by atoms with E-state index in [4.69, 9.17) is 10.5 Å². The summed E-state index contributed by atoms with van der Waals surface area (Å²) < 4.78 is 5.35. The van der Waals surface area contributed by atoms with E-state index in [9.17, 15) is 4.79 Å². The second-order valence-electron chi connectivity index (χ2n) is 4.89. The second-order valence-corrected chi connectivity index (χ2v) is 4.89. The molecule has 0 spiro atoms. The fourth-order valence-electron chi connectivity index (χ4n) is 2.46. The maximum atomic E-state index is 12.6. The van der Waals surface area contributed by atoms with Gasteiger partial charge < -0.3 is 15.4 Å². The van der Waals surface area contributed by atoms with E-state index >= 15 is 0 Å². The van der Waals surface area contributed by atoms with Gasteiger partial charge in [-0.2, -0.15) is 0 Å². The van der Waals surface area contributed by atoms with Crippen LogP contribution in [-0.2, 0) is 9.53 Å². The molecule has 0 unspecified atom stereocenters. The lowest BCUT2D eigenvalue weighted by atomic mass is 9.78. The lowest BCUT2D eigenvalue weighted by molar-refractivity contribution is -0.147. The molecule has 1 rings (SSSR count). The Morgan fingerprint density at radius 3 is 2.11 bits per heavy atom. The number of hydrogen-bond donors (Lipinski definition) is 1. The largest absolute Gasteiger partial charge is 0.381 e. The third-order valence-corrected chi connectivity index (χ3v) is 3.57. The summed E-state index contributed by atoms with van der Waals surface area (Å²) in [5, 5.41) is 0. The quantitative estimate of drug-likeness (QED) is 0.806. The SMILES string of the molecule is CCCN(CCC)C(=O)C1(CN)CCOCC1.Cl. The molecule has 0 aromatic carbocycles. The molecule has 0 aromatic heterocycles. The Bertz CT molecular complexity index is 237. The van der Waals surface area contributed by atoms with Crippen LogP contribution in [0, 0.1) is 5.41 Å². The molecule has 0 atom stereocenters. The van der Waals surface area contributed by atoms with Gasteiger partial charge in [0.25, 0.3) is 0 Å². The summed E-state index contributed by atoms with van der Waals surface area (Å²) in [6, 6.07) is 0. The van der Waals surface area contributed by atoms with Crippen LogP contribution in [0.4, 0.5) is 0 Å². The molecule has 1 aliphatic heterocycles. The van der Waals surface area contributed by atoms with Crippen molar-refractivity contribution >= 4 is 18.3 Å². The van der Waals surface area contributed by atoms with Gasteiger partial charge in [-0.25, -0.2) is 0 Å². The Balaban J connectivity index is 0.00000289. The van der Waals surface area contributed by atoms with E-state index in [-0.39, 0.29) is 23.7 Å². The summed E-state index contributed by atoms with van der Waals surface area (Å²) in [7, 11) is 0. The van der Waals surface area contributed by atoms with Crippen molar-refractivity contribution in [2.45, 2.75) is 39.5 Å². The Kier molecular flexibility index (Phi) is 8.57. The Labute approximate surface area is 117 Å². The van der Waals surface area contributed by atoms with Crippen LogP contribution in [0.3, 0.4) is 0 Å². The first-order valence-corrected chi connectivity index (χ1v) is 6.77. The van der Waals surface area contributed by atoms with Crippen molar-refractivity contribution in [1.82, 2.24) is 4.90 Å². The zero-order valence-electron chi connectivity index (χ0n) is 11.6. The lowest BCUT2D eigenvalue weighted by Gasteiger charge is -2.38. The van der Waals surface area contributed by atoms with Crippen molar-refractivity contribution < 1.29 is 9.53 Å². The molecule has 1 fully saturated rings. The van der Waals surface area contributed by atoms with E-state index in [1.54, 1.807) is 0 Å². The Hall–Kier alpha value is -0.320. The highest BCUT2D eigenvalue weighted by molar-refractivity contribution is 5.85. The van der Waals surface area contributed by atoms with Gasteiger partial charge in [0, 0.05) is 32.8 Å². The molecular formula is C13H27ClN2O2. The number of hydrogen-bond acceptors (Lipinski definition) is 3. The van der Waals surface area contributed by atoms with E-state index in [2.05, 4.69) is 13.8 Å². The third-order valence-electron chi connectivity index (χ3n) is 3.57. The van der Waals surface area contributed by atoms with E-state index in [1.165, 1.54) is 0 Å². The van der Waals surface area contributed by atoms with Gasteiger partial charge in [0.05, 0.1) is 5.41 Å². The summed E-state index contributed by atoms with van der Waals surface area (Å²) in [5.74, 6) is 0.243. The van der Waals surface area contributed by atoms with Crippen molar-refractivity contribution in [3.8, 4) is 0 Å². The van der Waals surface area contributed by atoms with Gasteiger partial charge in [0.15, 0.2) is 0 Å². The summed E-state index contributed by atoms with van der Waals surface area (Å²) in [6.45, 7) is 7.66. The minimum Gasteiger partial charge on any atom is -0.381 e. The highest BCUT2D eigenvalue weighted by atomic mass is 35.5. The van der Waals surface area contributed by atoms with Crippen LogP contribution in [0.15, 0.2) is 0 Å². The zero-order chi connectivity index (χ0) is 12.7. The van der Waals surface area contributed by atoms with E-state index < -0.39 is 0 Å². The predicted molar refractivity (Wildman–Crippen MR) is 76.0 cm³/mol. The molecule has 0 aromatic rings. The fraction of sp³-hybridized carbons (Fsp3) is 0.923. The van der Waals surface area contributed by atoms with Crippen LogP contribution in [0.5, 0.6) is 0 Å². The summed E-state index contributed by atoms with van der Waals surface area (Å²) >= 11 is 0. The standard InChI is InChI=1S/C13H26N2O2.ClH/c1-3-7-15(8-4-2)12(16)13(11-14)5-9-17-10-6-13;/h3-11,14H2,1-2H3;1H. The summed E-state index contributed by atoms with van der Waals surface area (Å²) in [6.07, 6.45) is 3.55. The van der Waals surface area contributed by atoms with Crippen LogP contribution in [0.1, 0.15) is 39.5 Å². The molecule has 0 aliphatic carbocycles. The second kappa shape index (κ2) is 8.73. The van der Waals surface area contributed by atoms with Crippen molar-refractivity contribution in [2.75, 3.05) is 32.8 Å². The first kappa shape index (κ1) is 17.7. The number of nitrogens with two attached hydrogens (primary N) is 1. The highest BCUT2D eigenvalue weighted by Gasteiger charge is 2.40. The molecule has 0 bridgehead atoms. The fourth-order valence-corrected chi connectivity index (χ4v) is 2.46. The molecular weight excluding hydrogens is 252 g/mol. The predicted octanol–water partition coefficient (Wildman–Crippen LogP) is 1.81. The number of rotatable bonds is 6. The van der Waals surface area contributed by atoms with Gasteiger partial charge >= 0.3 is 0 Å². The monoisotopic (exact) mass is 278 g/mol. The highest BCUT2D eigenvalue weighted by Crippen LogP contribution is 2.31. The minimum absolute atomic E-state index is 0. The number of halogens is 1. The van der Waals surface area contributed by atoms with Gasteiger partial charge in [-0.3, -0.25) is 4.79 Å². The maximum Gasteiger partial charge on any atom is 0.230 e. The summed E-state index contributed by atoms with van der Waals surface area (Å²) in [5.41, 5.74) is 5.51. The van der Waals surface area contributed by atoms with Crippen molar-refractivity contribution in [3.05, 3.63) is 0 Å². The van der Waals surface area contributed by atoms with Crippen LogP contribution >= 0.6 is 12.4 Å². The molecule has 2 N–H and O–H groups in total. The van der Waals surface area contributed by atoms with E-state index in [0.717, 1.165) is 38.8 Å². The van der Waals surface area contributed by atoms with Crippen LogP contribution in [0.25, 0.3) is 0 Å². The number of ether oxygens (including phenoxy) is 1. The Morgan fingerprint density at radius 1 is 1.22 bits per heavy atom. The van der Waals surface area contributed by atoms with Gasteiger partial charge in [-0.15, -0.1) is 12.4 Å². The topological polar surface area (TPSA) is 55.6 Å². The van der Waals surface area contributed by atoms with Gasteiger partial charge in [0.1, 0.15) is 0 Å². The molecule has 5 heteroatoms. The number of nitrogens with zero attached hydrogens (tertiary/aromatic N) is 1. The number of carbonyl (C=O) groups excluding carboxylic acids is 1. The van der Waals surface area contributed by atoms with Crippen molar-refractivity contribution in [2.24, 2.45) is 11.1 Å². The number of carbonyl (C=O) groups is 1. The zero-order valence-corrected chi connectivity index (χ0v) is 12.4. The van der Waals surface area contributed by atoms with Crippen LogP contribution in [-0.4, -0.2) is 43.7 Å². The van der Waals surface area contributed by atoms with Crippen LogP contribution < -0.4 is 5.73 Å². The van der Waals surface area contributed by atoms with E-state index in [0.29, 0.717) is 19.8 Å². The van der Waals surface area contributed by atoms with E-state index in [1.807, 2.05) is 4.90 Å². The number of amides is 1. The summed E-state index contributed by atoms with van der Waals surface area (Å²) in [4.78, 5) is 14.6. The van der Waals surface area contributed by atoms with Crippen molar-refractivity contribution in [1.29, 1.82) is 0 Å². The third kappa shape index (κ3) is 4.11.